The zero-order valence-electron chi connectivity index (χ0n) is 12.1. The van der Waals surface area contributed by atoms with Crippen LogP contribution in [0.4, 0.5) is 0 Å². The second kappa shape index (κ2) is 7.77. The number of piperazine rings is 1. The Morgan fingerprint density at radius 1 is 1.32 bits per heavy atom. The molecule has 1 atom stereocenters. The van der Waals surface area contributed by atoms with Crippen LogP contribution in [-0.4, -0.2) is 65.6 Å². The van der Waals surface area contributed by atoms with E-state index in [1.54, 1.807) is 0 Å². The maximum atomic E-state index is 11.6. The molecule has 5 nitrogen and oxygen atoms in total. The average Bonchev–Trinajstić information content (AvgIpc) is 2.30. The van der Waals surface area contributed by atoms with Gasteiger partial charge in [0, 0.05) is 26.2 Å². The van der Waals surface area contributed by atoms with Crippen molar-refractivity contribution in [2.75, 3.05) is 32.7 Å². The van der Waals surface area contributed by atoms with Crippen molar-refractivity contribution in [2.45, 2.75) is 39.3 Å². The number of carbonyl (C=O) groups is 1. The topological polar surface area (TPSA) is 58.8 Å². The summed E-state index contributed by atoms with van der Waals surface area (Å²) in [5.41, 5.74) is 5.75. The van der Waals surface area contributed by atoms with Gasteiger partial charge in [-0.3, -0.25) is 14.6 Å². The van der Waals surface area contributed by atoms with E-state index in [2.05, 4.69) is 16.7 Å². The molecular weight excluding hydrogens is 262 g/mol. The van der Waals surface area contributed by atoms with Crippen molar-refractivity contribution in [3.8, 4) is 0 Å². The average molecular weight is 287 g/mol. The lowest BCUT2D eigenvalue weighted by Crippen LogP contribution is -2.54. The molecule has 1 aliphatic rings. The van der Waals surface area contributed by atoms with E-state index >= 15 is 0 Å². The minimum absolute atomic E-state index is 0.0483. The van der Waals surface area contributed by atoms with Gasteiger partial charge >= 0.3 is 5.97 Å². The fraction of sp³-hybridized carbons (Fsp3) is 0.846. The molecular formula is C13H25N3O2S. The molecule has 1 fully saturated rings. The molecule has 0 spiro atoms. The van der Waals surface area contributed by atoms with Gasteiger partial charge in [-0.15, -0.1) is 0 Å². The molecule has 19 heavy (non-hydrogen) atoms. The highest BCUT2D eigenvalue weighted by molar-refractivity contribution is 7.80. The molecule has 0 radical (unpaired) electrons. The third kappa shape index (κ3) is 5.42. The first-order chi connectivity index (χ1) is 8.93. The largest absolute Gasteiger partial charge is 0.462 e. The number of hydrogen-bond acceptors (Lipinski definition) is 5. The highest BCUT2D eigenvalue weighted by Gasteiger charge is 2.25. The second-order valence-corrected chi connectivity index (χ2v) is 5.65. The van der Waals surface area contributed by atoms with Gasteiger partial charge < -0.3 is 10.5 Å². The standard InChI is InChI=1S/C13H25N3O2S/c1-4-11(13(14)19)16-7-5-15(6-8-16)9-12(17)18-10(2)3/h10-11H,4-9H2,1-3H3,(H2,14,19). The van der Waals surface area contributed by atoms with Crippen LogP contribution in [0.3, 0.4) is 0 Å². The normalized spacial score (nSPS) is 19.4. The summed E-state index contributed by atoms with van der Waals surface area (Å²) in [4.78, 5) is 16.6. The molecule has 1 aliphatic heterocycles. The Labute approximate surface area is 121 Å². The van der Waals surface area contributed by atoms with Crippen LogP contribution in [0.1, 0.15) is 27.2 Å². The monoisotopic (exact) mass is 287 g/mol. The Morgan fingerprint density at radius 2 is 1.89 bits per heavy atom. The summed E-state index contributed by atoms with van der Waals surface area (Å²) in [6, 6.07) is 0.180. The van der Waals surface area contributed by atoms with Gasteiger partial charge in [0.1, 0.15) is 0 Å². The van der Waals surface area contributed by atoms with Crippen molar-refractivity contribution in [3.05, 3.63) is 0 Å². The summed E-state index contributed by atoms with van der Waals surface area (Å²) in [5.74, 6) is -0.148. The molecule has 0 aromatic heterocycles. The Hall–Kier alpha value is -0.720. The number of carbonyl (C=O) groups excluding carboxylic acids is 1. The Kier molecular flexibility index (Phi) is 6.68. The Balaban J connectivity index is 2.36. The number of esters is 1. The van der Waals surface area contributed by atoms with Gasteiger partial charge in [0.15, 0.2) is 0 Å². The van der Waals surface area contributed by atoms with Gasteiger partial charge in [0.05, 0.1) is 23.7 Å². The van der Waals surface area contributed by atoms with Crippen molar-refractivity contribution >= 4 is 23.2 Å². The van der Waals surface area contributed by atoms with E-state index < -0.39 is 0 Å². The van der Waals surface area contributed by atoms with E-state index in [-0.39, 0.29) is 18.1 Å². The maximum Gasteiger partial charge on any atom is 0.320 e. The van der Waals surface area contributed by atoms with Crippen LogP contribution in [0, 0.1) is 0 Å². The van der Waals surface area contributed by atoms with Crippen molar-refractivity contribution in [1.29, 1.82) is 0 Å². The van der Waals surface area contributed by atoms with Crippen LogP contribution in [0.5, 0.6) is 0 Å². The molecule has 1 rings (SSSR count). The fourth-order valence-corrected chi connectivity index (χ4v) is 2.67. The predicted octanol–water partition coefficient (Wildman–Crippen LogP) is 0.620. The van der Waals surface area contributed by atoms with Crippen molar-refractivity contribution < 1.29 is 9.53 Å². The van der Waals surface area contributed by atoms with Crippen LogP contribution < -0.4 is 5.73 Å². The van der Waals surface area contributed by atoms with E-state index in [0.29, 0.717) is 11.5 Å². The summed E-state index contributed by atoms with van der Waals surface area (Å²) < 4.78 is 5.15. The van der Waals surface area contributed by atoms with Crippen LogP contribution >= 0.6 is 12.2 Å². The molecule has 1 saturated heterocycles. The molecule has 0 bridgehead atoms. The lowest BCUT2D eigenvalue weighted by atomic mass is 10.1. The van der Waals surface area contributed by atoms with Gasteiger partial charge in [0.2, 0.25) is 0 Å². The van der Waals surface area contributed by atoms with Gasteiger partial charge in [0.25, 0.3) is 0 Å². The summed E-state index contributed by atoms with van der Waals surface area (Å²) in [5, 5.41) is 0. The molecule has 2 N–H and O–H groups in total. The second-order valence-electron chi connectivity index (χ2n) is 5.18. The van der Waals surface area contributed by atoms with Gasteiger partial charge in [-0.25, -0.2) is 0 Å². The highest BCUT2D eigenvalue weighted by Crippen LogP contribution is 2.10. The zero-order valence-corrected chi connectivity index (χ0v) is 12.9. The van der Waals surface area contributed by atoms with Crippen molar-refractivity contribution in [3.63, 3.8) is 0 Å². The van der Waals surface area contributed by atoms with Gasteiger partial charge in [-0.05, 0) is 20.3 Å². The maximum absolute atomic E-state index is 11.6. The van der Waals surface area contributed by atoms with Crippen LogP contribution in [0.25, 0.3) is 0 Å². The van der Waals surface area contributed by atoms with E-state index in [0.717, 1.165) is 32.6 Å². The number of nitrogens with zero attached hydrogens (tertiary/aromatic N) is 2. The summed E-state index contributed by atoms with van der Waals surface area (Å²) in [7, 11) is 0. The molecule has 1 unspecified atom stereocenters. The first-order valence-corrected chi connectivity index (χ1v) is 7.30. The highest BCUT2D eigenvalue weighted by atomic mass is 32.1. The fourth-order valence-electron chi connectivity index (χ4n) is 2.36. The molecule has 6 heteroatoms. The molecule has 0 amide bonds. The summed E-state index contributed by atoms with van der Waals surface area (Å²) >= 11 is 5.09. The SMILES string of the molecule is CCC(C(N)=S)N1CCN(CC(=O)OC(C)C)CC1. The quantitative estimate of drug-likeness (QED) is 0.571. The number of ether oxygens (including phenoxy) is 1. The predicted molar refractivity (Wildman–Crippen MR) is 80.1 cm³/mol. The number of rotatable bonds is 6. The van der Waals surface area contributed by atoms with Gasteiger partial charge in [-0.1, -0.05) is 19.1 Å². The van der Waals surface area contributed by atoms with E-state index in [9.17, 15) is 4.79 Å². The number of nitrogens with two attached hydrogens (primary N) is 1. The number of hydrogen-bond donors (Lipinski definition) is 1. The van der Waals surface area contributed by atoms with E-state index in [1.807, 2.05) is 13.8 Å². The minimum Gasteiger partial charge on any atom is -0.462 e. The van der Waals surface area contributed by atoms with E-state index in [4.69, 9.17) is 22.7 Å². The summed E-state index contributed by atoms with van der Waals surface area (Å²) in [6.07, 6.45) is 0.887. The molecule has 1 heterocycles. The zero-order chi connectivity index (χ0) is 14.4. The molecule has 0 aromatic carbocycles. The lowest BCUT2D eigenvalue weighted by Gasteiger charge is -2.38. The third-order valence-corrected chi connectivity index (χ3v) is 3.55. The van der Waals surface area contributed by atoms with Crippen molar-refractivity contribution in [1.82, 2.24) is 9.80 Å². The van der Waals surface area contributed by atoms with E-state index in [1.165, 1.54) is 0 Å². The molecule has 110 valence electrons. The molecule has 0 aliphatic carbocycles. The minimum atomic E-state index is -0.148. The molecule has 0 aromatic rings. The van der Waals surface area contributed by atoms with Crippen LogP contribution in [0.15, 0.2) is 0 Å². The first kappa shape index (κ1) is 16.3. The lowest BCUT2D eigenvalue weighted by molar-refractivity contribution is -0.149. The first-order valence-electron chi connectivity index (χ1n) is 6.89. The Bertz CT molecular complexity index is 315. The van der Waals surface area contributed by atoms with Crippen LogP contribution in [0.2, 0.25) is 0 Å². The molecule has 0 saturated carbocycles. The smallest absolute Gasteiger partial charge is 0.320 e. The Morgan fingerprint density at radius 3 is 2.32 bits per heavy atom. The van der Waals surface area contributed by atoms with Crippen LogP contribution in [-0.2, 0) is 9.53 Å². The number of thiocarbonyl (C=S) groups is 1. The third-order valence-electron chi connectivity index (χ3n) is 3.28. The van der Waals surface area contributed by atoms with Crippen molar-refractivity contribution in [2.24, 2.45) is 5.73 Å². The summed E-state index contributed by atoms with van der Waals surface area (Å²) in [6.45, 7) is 9.69. The van der Waals surface area contributed by atoms with Gasteiger partial charge in [-0.2, -0.15) is 0 Å².